The van der Waals surface area contributed by atoms with Crippen molar-refractivity contribution in [2.75, 3.05) is 64.5 Å². The lowest BCUT2D eigenvalue weighted by Gasteiger charge is -2.34. The van der Waals surface area contributed by atoms with Crippen LogP contribution < -0.4 is 75.3 Å². The molecule has 4 heterocycles. The number of likely N-dealkylation sites (N-methyl/N-ethyl adjacent to an activating group) is 1. The molecule has 7 aliphatic rings. The normalized spacial score (nSPS) is 34.0. The van der Waals surface area contributed by atoms with E-state index in [1.165, 1.54) is 30.6 Å². The number of aliphatic carboxylic acids is 1. The number of carboxylic acid groups (broad SMARTS) is 1. The molecule has 3 saturated heterocycles. The summed E-state index contributed by atoms with van der Waals surface area (Å²) < 4.78 is 30.4. The monoisotopic (exact) mass is 1420 g/mol. The molecule has 2 bridgehead atoms. The van der Waals surface area contributed by atoms with Gasteiger partial charge in [0.1, 0.15) is 54.6 Å². The zero-order chi connectivity index (χ0) is 70.4. The average molecular weight is 1420 g/mol. The van der Waals surface area contributed by atoms with Crippen LogP contribution in [0.5, 0.6) is 0 Å². The van der Waals surface area contributed by atoms with Crippen molar-refractivity contribution < 1.29 is 71.7 Å². The van der Waals surface area contributed by atoms with E-state index in [4.69, 9.17) is 11.5 Å². The van der Waals surface area contributed by atoms with Crippen molar-refractivity contribution in [1.29, 1.82) is 0 Å². The first-order valence-electron chi connectivity index (χ1n) is 34.9. The number of carbonyl (C=O) groups is 11. The van der Waals surface area contributed by atoms with Crippen LogP contribution >= 0.6 is 23.5 Å². The lowest BCUT2D eigenvalue weighted by molar-refractivity contribution is -0.142. The van der Waals surface area contributed by atoms with Gasteiger partial charge in [0.15, 0.2) is 0 Å². The number of nitrogens with zero attached hydrogens (tertiary/aromatic N) is 1. The topological polar surface area (TPSA) is 428 Å². The van der Waals surface area contributed by atoms with Crippen molar-refractivity contribution in [2.24, 2.45) is 41.1 Å². The molecule has 28 nitrogen and oxygen atoms in total. The van der Waals surface area contributed by atoms with Crippen LogP contribution in [0.4, 0.5) is 8.78 Å². The Morgan fingerprint density at radius 2 is 1.19 bits per heavy atom. The van der Waals surface area contributed by atoms with Gasteiger partial charge in [0.05, 0.1) is 25.6 Å². The average Bonchev–Trinajstić information content (AvgIpc) is 1.65. The number of hydrogen-bond acceptors (Lipinski definition) is 19. The van der Waals surface area contributed by atoms with Gasteiger partial charge in [0.25, 0.3) is 0 Å². The molecule has 1 aromatic rings. The molecule has 98 heavy (non-hydrogen) atoms. The van der Waals surface area contributed by atoms with Crippen molar-refractivity contribution in [1.82, 2.24) is 68.7 Å². The van der Waals surface area contributed by atoms with Gasteiger partial charge in [-0.3, -0.25) is 52.7 Å². The van der Waals surface area contributed by atoms with Crippen molar-refractivity contribution in [3.8, 4) is 0 Å². The number of hydrogen-bond donors (Lipinski definition) is 16. The van der Waals surface area contributed by atoms with Gasteiger partial charge in [-0.15, -0.1) is 0 Å². The fraction of sp³-hybridized carbons (Fsp3) is 0.742. The van der Waals surface area contributed by atoms with E-state index < -0.39 is 157 Å². The molecule has 10 amide bonds. The molecule has 4 aliphatic heterocycles. The largest absolute Gasteiger partial charge is 0.481 e. The van der Waals surface area contributed by atoms with Crippen LogP contribution in [0.25, 0.3) is 0 Å². The van der Waals surface area contributed by atoms with Crippen molar-refractivity contribution in [2.45, 2.75) is 212 Å². The number of rotatable bonds is 15. The predicted octanol–water partition coefficient (Wildman–Crippen LogP) is -1.30. The third kappa shape index (κ3) is 23.9. The molecule has 8 rings (SSSR count). The first kappa shape index (κ1) is 77.4. The number of carbonyl (C=O) groups excluding carboxylic acids is 10. The van der Waals surface area contributed by atoms with Crippen LogP contribution in [0.2, 0.25) is 0 Å². The highest BCUT2D eigenvalue weighted by Gasteiger charge is 2.46. The molecule has 546 valence electrons. The summed E-state index contributed by atoms with van der Waals surface area (Å²) in [6, 6.07) is -2.81. The minimum atomic E-state index is -1.90. The summed E-state index contributed by atoms with van der Waals surface area (Å²) in [5.41, 5.74) is 13.4. The van der Waals surface area contributed by atoms with E-state index in [0.717, 1.165) is 16.0 Å². The van der Waals surface area contributed by atoms with Gasteiger partial charge in [-0.2, -0.15) is 23.5 Å². The number of benzene rings is 1. The highest BCUT2D eigenvalue weighted by molar-refractivity contribution is 7.98. The van der Waals surface area contributed by atoms with E-state index in [2.05, 4.69) is 63.8 Å². The maximum Gasteiger partial charge on any atom is 0.305 e. The molecule has 3 aliphatic carbocycles. The van der Waals surface area contributed by atoms with Crippen molar-refractivity contribution >= 4 is 88.6 Å². The Balaban J connectivity index is 1.09. The Morgan fingerprint density at radius 1 is 0.622 bits per heavy atom. The lowest BCUT2D eigenvalue weighted by atomic mass is 9.76. The minimum absolute atomic E-state index is 0.0433. The standard InChI is InChI=1S/C66H103F2N15O13S2/c1-83-31-58(87)78-55(60(70)90)34-98-33-38-6-4-5-37(19-38)32-97-18-16-56(85)76-49(7-2-3-17-69)61(91)74-30-57(86)77-50(21-39-27-72-47-14-10-41(67)23-45(39)47)62(92)79-51(22-40-28-73-48-15-11-42(68)24-46(40)48)63(93)81-53(26-59(88)89)65(95)80-52(25-43-29-71-35-75-43)64(94)82-54(66(83)96)20-36-8-12-44(84)13-9-36/h4-6,19,36,39-55,71-73,75,84H,2-3,7-18,20-35,69H2,1H3,(H2,70,90)(H,74,91)(H,76,85)(H,77,86)(H,78,87)(H,79,92)(H,80,95)(H,81,93)(H,82,94)(H,88,89)/t36?,39?,40?,41?,42?,43?,44?,45?,46?,47?,48?,49-,50-,51-,52-,53-,54-,55-/m0/s1. The highest BCUT2D eigenvalue weighted by atomic mass is 32.2. The molecular weight excluding hydrogens is 1310 g/mol. The van der Waals surface area contributed by atoms with E-state index >= 15 is 18.4 Å². The number of halogens is 2. The molecule has 0 spiro atoms. The van der Waals surface area contributed by atoms with Gasteiger partial charge in [0, 0.05) is 67.8 Å². The van der Waals surface area contributed by atoms with Crippen LogP contribution in [-0.4, -0.2) is 224 Å². The second kappa shape index (κ2) is 38.5. The zero-order valence-electron chi connectivity index (χ0n) is 56.0. The summed E-state index contributed by atoms with van der Waals surface area (Å²) in [6.45, 7) is 0.471. The second-order valence-electron chi connectivity index (χ2n) is 27.8. The molecule has 0 radical (unpaired) electrons. The fourth-order valence-electron chi connectivity index (χ4n) is 15.0. The summed E-state index contributed by atoms with van der Waals surface area (Å²) in [5.74, 6) is -9.57. The molecule has 18 N–H and O–H groups in total. The Bertz CT molecular complexity index is 2920. The molecule has 32 heteroatoms. The van der Waals surface area contributed by atoms with E-state index in [9.17, 15) is 53.4 Å². The Hall–Kier alpha value is -6.29. The third-order valence-corrected chi connectivity index (χ3v) is 22.5. The van der Waals surface area contributed by atoms with Crippen LogP contribution in [-0.2, 0) is 64.2 Å². The lowest BCUT2D eigenvalue weighted by Crippen LogP contribution is -2.61. The number of carboxylic acids is 1. The van der Waals surface area contributed by atoms with E-state index in [1.807, 2.05) is 24.3 Å². The number of aliphatic hydroxyl groups excluding tert-OH is 1. The van der Waals surface area contributed by atoms with Gasteiger partial charge in [0.2, 0.25) is 59.1 Å². The van der Waals surface area contributed by atoms with Crippen molar-refractivity contribution in [3.63, 3.8) is 0 Å². The molecule has 3 saturated carbocycles. The Kier molecular flexibility index (Phi) is 30.4. The van der Waals surface area contributed by atoms with Crippen LogP contribution in [0.1, 0.15) is 133 Å². The fourth-order valence-corrected chi connectivity index (χ4v) is 16.9. The van der Waals surface area contributed by atoms with E-state index in [0.29, 0.717) is 114 Å². The van der Waals surface area contributed by atoms with Crippen LogP contribution in [0, 0.1) is 29.6 Å². The number of aliphatic hydroxyl groups is 1. The smallest absolute Gasteiger partial charge is 0.305 e. The quantitative estimate of drug-likeness (QED) is 0.0907. The van der Waals surface area contributed by atoms with Gasteiger partial charge >= 0.3 is 5.97 Å². The maximum absolute atomic E-state index is 15.2. The molecule has 0 aromatic heterocycles. The molecule has 1 aromatic carbocycles. The molecule has 9 unspecified atom stereocenters. The summed E-state index contributed by atoms with van der Waals surface area (Å²) in [5, 5.41) is 55.5. The number of unbranched alkanes of at least 4 members (excludes halogenated alkanes) is 1. The summed E-state index contributed by atoms with van der Waals surface area (Å²) in [7, 11) is 1.35. The predicted molar refractivity (Wildman–Crippen MR) is 363 cm³/mol. The number of nitrogens with one attached hydrogen (secondary N) is 12. The second-order valence-corrected chi connectivity index (χ2v) is 29.9. The zero-order valence-corrected chi connectivity index (χ0v) is 57.6. The van der Waals surface area contributed by atoms with Crippen LogP contribution in [0.15, 0.2) is 24.3 Å². The number of alkyl halides is 2. The minimum Gasteiger partial charge on any atom is -0.481 e. The number of primary amides is 1. The first-order chi connectivity index (χ1) is 47.0. The van der Waals surface area contributed by atoms with Crippen LogP contribution in [0.3, 0.4) is 0 Å². The number of fused-ring (bicyclic) bond motifs is 4. The summed E-state index contributed by atoms with van der Waals surface area (Å²) in [6.07, 6.45) is 1.17. The highest BCUT2D eigenvalue weighted by Crippen LogP contribution is 2.40. The number of nitrogens with two attached hydrogens (primary N) is 2. The molecule has 6 fully saturated rings. The maximum atomic E-state index is 15.2. The SMILES string of the molecule is CN1CC(=O)N[C@H](C(N)=O)CSCc2cccc(c2)CSCCC(=O)N[C@@H](CCCCN)C(=O)NCC(=O)N[C@@H](CC2CNC3CCC(F)CC23)C(=O)N[C@@H](CC2CNC3CCC(F)CC23)C(=O)N[C@@H](CC(=O)O)C(=O)N[C@@H](CC2CNCN2)C(=O)N[C@@H](CC2CCC(O)CC2)C1=O. The number of thioether (sulfide) groups is 2. The molecular formula is C66H103F2N15O13S2. The molecule has 16 atom stereocenters. The van der Waals surface area contributed by atoms with Gasteiger partial charge in [-0.25, -0.2) is 8.78 Å². The van der Waals surface area contributed by atoms with Crippen molar-refractivity contribution in [3.05, 3.63) is 35.4 Å². The van der Waals surface area contributed by atoms with Gasteiger partial charge in [-0.1, -0.05) is 24.3 Å². The van der Waals surface area contributed by atoms with Gasteiger partial charge in [-0.05, 0) is 170 Å². The Morgan fingerprint density at radius 3 is 1.79 bits per heavy atom. The summed E-state index contributed by atoms with van der Waals surface area (Å²) >= 11 is 2.83. The first-order valence-corrected chi connectivity index (χ1v) is 37.2. The van der Waals surface area contributed by atoms with E-state index in [1.54, 1.807) is 0 Å². The number of amides is 10. The van der Waals surface area contributed by atoms with Gasteiger partial charge < -0.3 is 90.4 Å². The third-order valence-electron chi connectivity index (χ3n) is 20.3. The summed E-state index contributed by atoms with van der Waals surface area (Å²) in [4.78, 5) is 157. The van der Waals surface area contributed by atoms with E-state index in [-0.39, 0.29) is 92.9 Å². The Labute approximate surface area is 579 Å².